The Bertz CT molecular complexity index is 607. The molecule has 0 spiro atoms. The van der Waals surface area contributed by atoms with E-state index in [2.05, 4.69) is 9.97 Å². The summed E-state index contributed by atoms with van der Waals surface area (Å²) < 4.78 is 27.2. The SMILES string of the molecule is O=c1ccnc(Sc2c(F)cc(CO)cc2F)[nH]1. The maximum absolute atomic E-state index is 13.6. The lowest BCUT2D eigenvalue weighted by molar-refractivity contribution is 0.280. The third-order valence-electron chi connectivity index (χ3n) is 2.09. The lowest BCUT2D eigenvalue weighted by Gasteiger charge is -2.05. The van der Waals surface area contributed by atoms with E-state index in [0.29, 0.717) is 11.8 Å². The zero-order valence-electron chi connectivity index (χ0n) is 8.98. The van der Waals surface area contributed by atoms with Crippen molar-refractivity contribution < 1.29 is 13.9 Å². The number of benzene rings is 1. The van der Waals surface area contributed by atoms with Crippen LogP contribution in [0.2, 0.25) is 0 Å². The number of hydrogen-bond acceptors (Lipinski definition) is 4. The number of nitrogens with zero attached hydrogens (tertiary/aromatic N) is 1. The molecule has 0 radical (unpaired) electrons. The van der Waals surface area contributed by atoms with Gasteiger partial charge in [-0.05, 0) is 29.5 Å². The number of hydrogen-bond donors (Lipinski definition) is 2. The fourth-order valence-corrected chi connectivity index (χ4v) is 2.07. The van der Waals surface area contributed by atoms with E-state index < -0.39 is 23.8 Å². The van der Waals surface area contributed by atoms with Gasteiger partial charge < -0.3 is 10.1 Å². The first-order valence-corrected chi connectivity index (χ1v) is 5.74. The van der Waals surface area contributed by atoms with Crippen LogP contribution in [0.15, 0.2) is 39.2 Å². The molecule has 7 heteroatoms. The average Bonchev–Trinajstić information content (AvgIpc) is 2.33. The zero-order chi connectivity index (χ0) is 13.1. The highest BCUT2D eigenvalue weighted by molar-refractivity contribution is 7.99. The molecule has 0 aliphatic carbocycles. The van der Waals surface area contributed by atoms with Gasteiger partial charge in [0.25, 0.3) is 5.56 Å². The number of aromatic nitrogens is 2. The first kappa shape index (κ1) is 12.7. The standard InChI is InChI=1S/C11H8F2N2O2S/c12-7-3-6(5-16)4-8(13)10(7)18-11-14-2-1-9(17)15-11/h1-4,16H,5H2,(H,14,15,17). The van der Waals surface area contributed by atoms with Gasteiger partial charge in [0.2, 0.25) is 0 Å². The fourth-order valence-electron chi connectivity index (χ4n) is 1.30. The molecule has 0 unspecified atom stereocenters. The van der Waals surface area contributed by atoms with Crippen LogP contribution < -0.4 is 5.56 Å². The van der Waals surface area contributed by atoms with Crippen molar-refractivity contribution in [2.24, 2.45) is 0 Å². The summed E-state index contributed by atoms with van der Waals surface area (Å²) in [6.07, 6.45) is 1.25. The van der Waals surface area contributed by atoms with Crippen LogP contribution in [0, 0.1) is 11.6 Å². The molecule has 2 rings (SSSR count). The number of aliphatic hydroxyl groups is 1. The zero-order valence-corrected chi connectivity index (χ0v) is 9.80. The predicted molar refractivity (Wildman–Crippen MR) is 61.3 cm³/mol. The molecule has 0 amide bonds. The molecule has 0 atom stereocenters. The van der Waals surface area contributed by atoms with Crippen molar-refractivity contribution in [3.8, 4) is 0 Å². The molecule has 18 heavy (non-hydrogen) atoms. The van der Waals surface area contributed by atoms with Crippen LogP contribution in [-0.4, -0.2) is 15.1 Å². The largest absolute Gasteiger partial charge is 0.392 e. The molecule has 4 nitrogen and oxygen atoms in total. The minimum absolute atomic E-state index is 0.0945. The molecule has 0 saturated carbocycles. The second-order valence-electron chi connectivity index (χ2n) is 3.39. The van der Waals surface area contributed by atoms with Crippen molar-refractivity contribution in [3.63, 3.8) is 0 Å². The van der Waals surface area contributed by atoms with Crippen LogP contribution in [0.3, 0.4) is 0 Å². The normalized spacial score (nSPS) is 10.6. The van der Waals surface area contributed by atoms with Gasteiger partial charge in [-0.15, -0.1) is 0 Å². The van der Waals surface area contributed by atoms with Crippen LogP contribution in [0.1, 0.15) is 5.56 Å². The number of H-pyrrole nitrogens is 1. The van der Waals surface area contributed by atoms with E-state index in [1.54, 1.807) is 0 Å². The summed E-state index contributed by atoms with van der Waals surface area (Å²) >= 11 is 0.676. The van der Waals surface area contributed by atoms with Crippen molar-refractivity contribution in [1.82, 2.24) is 9.97 Å². The van der Waals surface area contributed by atoms with Crippen molar-refractivity contribution >= 4 is 11.8 Å². The fraction of sp³-hybridized carbons (Fsp3) is 0.0909. The molecule has 2 aromatic rings. The molecule has 94 valence electrons. The highest BCUT2D eigenvalue weighted by atomic mass is 32.2. The van der Waals surface area contributed by atoms with E-state index in [0.717, 1.165) is 12.1 Å². The molecule has 0 aliphatic rings. The maximum atomic E-state index is 13.6. The molecule has 0 aliphatic heterocycles. The van der Waals surface area contributed by atoms with E-state index in [9.17, 15) is 13.6 Å². The van der Waals surface area contributed by atoms with E-state index in [1.807, 2.05) is 0 Å². The molecule has 1 aromatic heterocycles. The third-order valence-corrected chi connectivity index (χ3v) is 3.08. The van der Waals surface area contributed by atoms with Gasteiger partial charge in [0, 0.05) is 12.3 Å². The first-order chi connectivity index (χ1) is 8.60. The number of aliphatic hydroxyl groups excluding tert-OH is 1. The minimum atomic E-state index is -0.810. The number of halogens is 2. The lowest BCUT2D eigenvalue weighted by atomic mass is 10.2. The van der Waals surface area contributed by atoms with Gasteiger partial charge in [0.05, 0.1) is 11.5 Å². The summed E-state index contributed by atoms with van der Waals surface area (Å²) in [4.78, 5) is 16.9. The van der Waals surface area contributed by atoms with Crippen molar-refractivity contribution in [2.45, 2.75) is 16.7 Å². The van der Waals surface area contributed by atoms with Crippen LogP contribution >= 0.6 is 11.8 Å². The van der Waals surface area contributed by atoms with Gasteiger partial charge in [-0.1, -0.05) is 0 Å². The monoisotopic (exact) mass is 270 g/mol. The van der Waals surface area contributed by atoms with Crippen molar-refractivity contribution in [1.29, 1.82) is 0 Å². The molecule has 1 aromatic carbocycles. The van der Waals surface area contributed by atoms with Crippen molar-refractivity contribution in [2.75, 3.05) is 0 Å². The predicted octanol–water partition coefficient (Wildman–Crippen LogP) is 1.69. The second kappa shape index (κ2) is 5.28. The van der Waals surface area contributed by atoms with Gasteiger partial charge in [0.15, 0.2) is 5.16 Å². The smallest absolute Gasteiger partial charge is 0.251 e. The van der Waals surface area contributed by atoms with Gasteiger partial charge in [-0.3, -0.25) is 4.79 Å². The summed E-state index contributed by atoms with van der Waals surface area (Å²) in [7, 11) is 0. The Morgan fingerprint density at radius 1 is 1.33 bits per heavy atom. The quantitative estimate of drug-likeness (QED) is 0.833. The Kier molecular flexibility index (Phi) is 3.73. The van der Waals surface area contributed by atoms with Gasteiger partial charge in [-0.2, -0.15) is 0 Å². The Balaban J connectivity index is 2.37. The molecule has 0 saturated heterocycles. The van der Waals surface area contributed by atoms with Gasteiger partial charge in [-0.25, -0.2) is 13.8 Å². The van der Waals surface area contributed by atoms with Crippen LogP contribution in [-0.2, 0) is 6.61 Å². The van der Waals surface area contributed by atoms with E-state index >= 15 is 0 Å². The Labute approximate surface area is 105 Å². The van der Waals surface area contributed by atoms with Gasteiger partial charge >= 0.3 is 0 Å². The van der Waals surface area contributed by atoms with Crippen molar-refractivity contribution in [3.05, 3.63) is 51.9 Å². The number of rotatable bonds is 3. The Morgan fingerprint density at radius 2 is 2.00 bits per heavy atom. The molecule has 0 fully saturated rings. The molecule has 0 bridgehead atoms. The van der Waals surface area contributed by atoms with E-state index in [4.69, 9.17) is 5.11 Å². The molecular weight excluding hydrogens is 262 g/mol. The lowest BCUT2D eigenvalue weighted by Crippen LogP contribution is -2.05. The second-order valence-corrected chi connectivity index (χ2v) is 4.39. The molecular formula is C11H8F2N2O2S. The van der Waals surface area contributed by atoms with E-state index in [1.165, 1.54) is 12.3 Å². The molecule has 1 heterocycles. The minimum Gasteiger partial charge on any atom is -0.392 e. The summed E-state index contributed by atoms with van der Waals surface area (Å²) in [5, 5.41) is 8.90. The summed E-state index contributed by atoms with van der Waals surface area (Å²) in [6.45, 7) is -0.445. The Morgan fingerprint density at radius 3 is 2.56 bits per heavy atom. The molecule has 2 N–H and O–H groups in total. The third kappa shape index (κ3) is 2.74. The number of aromatic amines is 1. The van der Waals surface area contributed by atoms with E-state index in [-0.39, 0.29) is 15.6 Å². The van der Waals surface area contributed by atoms with Crippen LogP contribution in [0.25, 0.3) is 0 Å². The summed E-state index contributed by atoms with van der Waals surface area (Å²) in [6, 6.07) is 3.27. The topological polar surface area (TPSA) is 66.0 Å². The highest BCUT2D eigenvalue weighted by Gasteiger charge is 2.13. The maximum Gasteiger partial charge on any atom is 0.251 e. The Hall–Kier alpha value is -1.73. The van der Waals surface area contributed by atoms with Crippen LogP contribution in [0.5, 0.6) is 0 Å². The average molecular weight is 270 g/mol. The summed E-state index contributed by atoms with van der Waals surface area (Å²) in [5.41, 5.74) is -0.260. The number of nitrogens with one attached hydrogen (secondary N) is 1. The van der Waals surface area contributed by atoms with Crippen LogP contribution in [0.4, 0.5) is 8.78 Å². The summed E-state index contributed by atoms with van der Waals surface area (Å²) in [5.74, 6) is -1.62. The highest BCUT2D eigenvalue weighted by Crippen LogP contribution is 2.30. The van der Waals surface area contributed by atoms with Gasteiger partial charge in [0.1, 0.15) is 11.6 Å². The first-order valence-electron chi connectivity index (χ1n) is 4.92.